The van der Waals surface area contributed by atoms with Crippen LogP contribution in [0.4, 0.5) is 0 Å². The van der Waals surface area contributed by atoms with Gasteiger partial charge >= 0.3 is 0 Å². The first-order chi connectivity index (χ1) is 6.29. The number of fused-ring (bicyclic) bond motifs is 2. The van der Waals surface area contributed by atoms with Gasteiger partial charge in [0.25, 0.3) is 0 Å². The van der Waals surface area contributed by atoms with Crippen molar-refractivity contribution in [2.75, 3.05) is 6.61 Å². The highest BCUT2D eigenvalue weighted by molar-refractivity contribution is 5.06. The average Bonchev–Trinajstić information content (AvgIpc) is 2.10. The molecule has 1 N–H and O–H groups in total. The summed E-state index contributed by atoms with van der Waals surface area (Å²) in [7, 11) is 0. The lowest BCUT2D eigenvalue weighted by molar-refractivity contribution is -0.00987. The number of aliphatic hydroxyl groups is 1. The van der Waals surface area contributed by atoms with Crippen molar-refractivity contribution in [3.8, 4) is 0 Å². The Labute approximate surface area is 79.6 Å². The lowest BCUT2D eigenvalue weighted by Gasteiger charge is -2.38. The van der Waals surface area contributed by atoms with Gasteiger partial charge in [0.2, 0.25) is 0 Å². The van der Waals surface area contributed by atoms with Crippen molar-refractivity contribution in [3.05, 3.63) is 12.2 Å². The number of aliphatic hydroxyl groups excluding tert-OH is 1. The molecule has 0 aromatic carbocycles. The van der Waals surface area contributed by atoms with E-state index in [4.69, 9.17) is 4.74 Å². The Hall–Kier alpha value is -0.340. The molecule has 2 heteroatoms. The molecule has 1 saturated carbocycles. The Morgan fingerprint density at radius 1 is 1.31 bits per heavy atom. The second-order valence-corrected chi connectivity index (χ2v) is 4.19. The first kappa shape index (κ1) is 9.22. The van der Waals surface area contributed by atoms with E-state index < -0.39 is 0 Å². The molecule has 2 bridgehead atoms. The maximum Gasteiger partial charge on any atom is 0.0785 e. The summed E-state index contributed by atoms with van der Waals surface area (Å²) in [6.45, 7) is 2.80. The molecule has 0 aliphatic heterocycles. The Morgan fingerprint density at radius 3 is 2.92 bits per heavy atom. The molecular weight excluding hydrogens is 164 g/mol. The Kier molecular flexibility index (Phi) is 2.70. The van der Waals surface area contributed by atoms with Crippen LogP contribution < -0.4 is 0 Å². The maximum absolute atomic E-state index is 9.61. The number of ether oxygens (including phenoxy) is 1. The lowest BCUT2D eigenvalue weighted by Crippen LogP contribution is -2.36. The lowest BCUT2D eigenvalue weighted by atomic mass is 9.73. The average molecular weight is 182 g/mol. The van der Waals surface area contributed by atoms with Crippen molar-refractivity contribution < 1.29 is 9.84 Å². The van der Waals surface area contributed by atoms with Gasteiger partial charge in [0.1, 0.15) is 0 Å². The molecule has 1 fully saturated rings. The predicted molar refractivity (Wildman–Crippen MR) is 51.4 cm³/mol. The highest BCUT2D eigenvalue weighted by Crippen LogP contribution is 2.37. The van der Waals surface area contributed by atoms with Crippen LogP contribution in [0.15, 0.2) is 12.2 Å². The molecule has 0 spiro atoms. The zero-order valence-corrected chi connectivity index (χ0v) is 8.15. The van der Waals surface area contributed by atoms with Crippen LogP contribution in [0.5, 0.6) is 0 Å². The monoisotopic (exact) mass is 182 g/mol. The largest absolute Gasteiger partial charge is 0.393 e. The van der Waals surface area contributed by atoms with Crippen LogP contribution in [0.1, 0.15) is 26.2 Å². The minimum absolute atomic E-state index is 0.100. The summed E-state index contributed by atoms with van der Waals surface area (Å²) in [6, 6.07) is 0. The number of rotatable bonds is 2. The zero-order chi connectivity index (χ0) is 9.26. The van der Waals surface area contributed by atoms with Gasteiger partial charge in [-0.3, -0.25) is 0 Å². The summed E-state index contributed by atoms with van der Waals surface area (Å²) in [5.74, 6) is 1.16. The van der Waals surface area contributed by atoms with Crippen molar-refractivity contribution in [2.45, 2.75) is 38.4 Å². The Morgan fingerprint density at radius 2 is 2.15 bits per heavy atom. The zero-order valence-electron chi connectivity index (χ0n) is 8.15. The quantitative estimate of drug-likeness (QED) is 0.659. The van der Waals surface area contributed by atoms with Crippen LogP contribution in [-0.2, 0) is 4.74 Å². The molecule has 4 atom stereocenters. The molecule has 0 amide bonds. The Balaban J connectivity index is 2.04. The number of allylic oxidation sites excluding steroid dienone is 1. The molecule has 74 valence electrons. The van der Waals surface area contributed by atoms with Crippen molar-refractivity contribution in [2.24, 2.45) is 11.8 Å². The van der Waals surface area contributed by atoms with Crippen LogP contribution in [-0.4, -0.2) is 23.9 Å². The summed E-state index contributed by atoms with van der Waals surface area (Å²) in [4.78, 5) is 0. The van der Waals surface area contributed by atoms with Gasteiger partial charge in [-0.05, 0) is 38.0 Å². The van der Waals surface area contributed by atoms with E-state index in [0.717, 1.165) is 19.4 Å². The van der Waals surface area contributed by atoms with Gasteiger partial charge < -0.3 is 9.84 Å². The highest BCUT2D eigenvalue weighted by Gasteiger charge is 2.33. The van der Waals surface area contributed by atoms with Crippen molar-refractivity contribution in [1.29, 1.82) is 0 Å². The molecule has 2 nitrogen and oxygen atoms in total. The molecule has 4 unspecified atom stereocenters. The van der Waals surface area contributed by atoms with E-state index in [2.05, 4.69) is 12.2 Å². The van der Waals surface area contributed by atoms with E-state index in [9.17, 15) is 5.11 Å². The summed E-state index contributed by atoms with van der Waals surface area (Å²) in [5.41, 5.74) is 0. The molecule has 0 aromatic heterocycles. The SMILES string of the molecule is CCOC1C=CC2CC(O)CC1C2. The molecule has 0 heterocycles. The summed E-state index contributed by atoms with van der Waals surface area (Å²) in [5, 5.41) is 9.61. The van der Waals surface area contributed by atoms with Crippen LogP contribution >= 0.6 is 0 Å². The minimum atomic E-state index is -0.100. The third kappa shape index (κ3) is 1.94. The second-order valence-electron chi connectivity index (χ2n) is 4.19. The van der Waals surface area contributed by atoms with Crippen molar-refractivity contribution in [1.82, 2.24) is 0 Å². The number of hydrogen-bond donors (Lipinski definition) is 1. The normalized spacial score (nSPS) is 43.5. The standard InChI is InChI=1S/C11H18O2/c1-2-13-11-4-3-8-5-9(11)7-10(12)6-8/h3-4,8-12H,2,5-7H2,1H3. The van der Waals surface area contributed by atoms with Gasteiger partial charge in [0.15, 0.2) is 0 Å². The molecular formula is C11H18O2. The third-order valence-electron chi connectivity index (χ3n) is 3.15. The molecule has 13 heavy (non-hydrogen) atoms. The van der Waals surface area contributed by atoms with E-state index >= 15 is 0 Å². The van der Waals surface area contributed by atoms with E-state index in [1.54, 1.807) is 0 Å². The van der Waals surface area contributed by atoms with Gasteiger partial charge in [0.05, 0.1) is 12.2 Å². The fourth-order valence-electron chi connectivity index (χ4n) is 2.61. The summed E-state index contributed by atoms with van der Waals surface area (Å²) < 4.78 is 5.62. The highest BCUT2D eigenvalue weighted by atomic mass is 16.5. The maximum atomic E-state index is 9.61. The third-order valence-corrected chi connectivity index (χ3v) is 3.15. The van der Waals surface area contributed by atoms with Crippen molar-refractivity contribution >= 4 is 0 Å². The van der Waals surface area contributed by atoms with E-state index in [-0.39, 0.29) is 12.2 Å². The van der Waals surface area contributed by atoms with E-state index in [0.29, 0.717) is 11.8 Å². The van der Waals surface area contributed by atoms with E-state index in [1.807, 2.05) is 6.92 Å². The Bertz CT molecular complexity index is 200. The smallest absolute Gasteiger partial charge is 0.0785 e. The minimum Gasteiger partial charge on any atom is -0.393 e. The van der Waals surface area contributed by atoms with Gasteiger partial charge in [-0.15, -0.1) is 0 Å². The van der Waals surface area contributed by atoms with Gasteiger partial charge in [0, 0.05) is 6.61 Å². The predicted octanol–water partition coefficient (Wildman–Crippen LogP) is 1.74. The molecule has 0 radical (unpaired) electrons. The molecule has 0 saturated heterocycles. The van der Waals surface area contributed by atoms with Crippen LogP contribution in [0.25, 0.3) is 0 Å². The molecule has 2 rings (SSSR count). The first-order valence-electron chi connectivity index (χ1n) is 5.27. The molecule has 2 aliphatic rings. The first-order valence-corrected chi connectivity index (χ1v) is 5.27. The van der Waals surface area contributed by atoms with E-state index in [1.165, 1.54) is 6.42 Å². The number of hydrogen-bond acceptors (Lipinski definition) is 2. The second kappa shape index (κ2) is 3.81. The van der Waals surface area contributed by atoms with Crippen LogP contribution in [0, 0.1) is 11.8 Å². The summed E-state index contributed by atoms with van der Waals surface area (Å²) >= 11 is 0. The fraction of sp³-hybridized carbons (Fsp3) is 0.818. The molecule has 2 aliphatic carbocycles. The summed E-state index contributed by atoms with van der Waals surface area (Å²) in [6.07, 6.45) is 7.65. The molecule has 0 aromatic rings. The van der Waals surface area contributed by atoms with Crippen molar-refractivity contribution in [3.63, 3.8) is 0 Å². The van der Waals surface area contributed by atoms with Gasteiger partial charge in [-0.25, -0.2) is 0 Å². The van der Waals surface area contributed by atoms with Gasteiger partial charge in [-0.1, -0.05) is 12.2 Å². The van der Waals surface area contributed by atoms with Crippen LogP contribution in [0.2, 0.25) is 0 Å². The topological polar surface area (TPSA) is 29.5 Å². The van der Waals surface area contributed by atoms with Gasteiger partial charge in [-0.2, -0.15) is 0 Å². The fourth-order valence-corrected chi connectivity index (χ4v) is 2.61. The van der Waals surface area contributed by atoms with Crippen LogP contribution in [0.3, 0.4) is 0 Å².